The molecule has 1 aliphatic rings. The molecule has 0 saturated carbocycles. The van der Waals surface area contributed by atoms with Crippen molar-refractivity contribution in [1.82, 2.24) is 14.7 Å². The van der Waals surface area contributed by atoms with E-state index in [2.05, 4.69) is 116 Å². The minimum absolute atomic E-state index is 0.0638. The van der Waals surface area contributed by atoms with Crippen molar-refractivity contribution in [2.45, 2.75) is 177 Å². The topological polar surface area (TPSA) is 122 Å². The number of rotatable bonds is 18. The first kappa shape index (κ1) is 50.8. The summed E-state index contributed by atoms with van der Waals surface area (Å²) in [5, 5.41) is 28.1. The Morgan fingerprint density at radius 3 is 1.44 bits per heavy atom. The molecule has 9 nitrogen and oxygen atoms in total. The molecule has 0 radical (unpaired) electrons. The summed E-state index contributed by atoms with van der Waals surface area (Å²) < 4.78 is 0. The van der Waals surface area contributed by atoms with Gasteiger partial charge >= 0.3 is 5.97 Å². The van der Waals surface area contributed by atoms with Crippen molar-refractivity contribution < 1.29 is 29.7 Å². The lowest BCUT2D eigenvalue weighted by atomic mass is 9.94. The van der Waals surface area contributed by atoms with Crippen LogP contribution in [0.25, 0.3) is 5.57 Å². The number of phenols is 2. The summed E-state index contributed by atoms with van der Waals surface area (Å²) in [7, 11) is 0. The van der Waals surface area contributed by atoms with Crippen LogP contribution >= 0.6 is 0 Å². The number of aromatic hydroxyl groups is 2. The van der Waals surface area contributed by atoms with Crippen LogP contribution in [-0.2, 0) is 27.2 Å². The SMILES string of the molecule is CC(=O)C(Cc1ccc(O)cc1)N(C(C)C)C(C)C.CC(=O)CC(c1ccc(O)cc1)N(C(C)C)C(C)C.CC(C)N(C(C)C)C(CC(=O)O)C1=CCc2ccccc21. The number of hydrogen-bond acceptors (Lipinski definition) is 8. The van der Waals surface area contributed by atoms with Crippen LogP contribution in [0.3, 0.4) is 0 Å². The molecule has 3 unspecified atom stereocenters. The first-order chi connectivity index (χ1) is 27.6. The average Bonchev–Trinajstić information content (AvgIpc) is 3.55. The van der Waals surface area contributed by atoms with Crippen molar-refractivity contribution in [2.75, 3.05) is 0 Å². The molecular weight excluding hydrogens is 739 g/mol. The van der Waals surface area contributed by atoms with Gasteiger partial charge in [-0.25, -0.2) is 0 Å². The Kier molecular flexibility index (Phi) is 20.7. The number of nitrogens with zero attached hydrogens (tertiary/aromatic N) is 3. The number of fused-ring (bicyclic) bond motifs is 1. The van der Waals surface area contributed by atoms with Gasteiger partial charge in [-0.2, -0.15) is 0 Å². The Morgan fingerprint density at radius 2 is 1.02 bits per heavy atom. The Morgan fingerprint density at radius 1 is 0.576 bits per heavy atom. The van der Waals surface area contributed by atoms with Crippen LogP contribution in [0.15, 0.2) is 78.9 Å². The lowest BCUT2D eigenvalue weighted by molar-refractivity contribution is -0.138. The summed E-state index contributed by atoms with van der Waals surface area (Å²) in [6.45, 7) is 28.9. The zero-order chi connectivity index (χ0) is 44.7. The fraction of sp³-hybridized carbons (Fsp3) is 0.540. The van der Waals surface area contributed by atoms with Crippen LogP contribution in [-0.4, -0.2) is 95.9 Å². The molecule has 0 spiro atoms. The second kappa shape index (κ2) is 24.1. The van der Waals surface area contributed by atoms with Gasteiger partial charge in [-0.15, -0.1) is 0 Å². The first-order valence-electron chi connectivity index (χ1n) is 21.5. The molecule has 3 aromatic carbocycles. The third kappa shape index (κ3) is 15.7. The fourth-order valence-electron chi connectivity index (χ4n) is 8.79. The van der Waals surface area contributed by atoms with Gasteiger partial charge in [-0.1, -0.05) is 54.6 Å². The highest BCUT2D eigenvalue weighted by molar-refractivity contribution is 5.82. The fourth-order valence-corrected chi connectivity index (χ4v) is 8.79. The molecule has 0 bridgehead atoms. The molecule has 0 heterocycles. The van der Waals surface area contributed by atoms with Crippen molar-refractivity contribution in [3.05, 3.63) is 101 Å². The highest BCUT2D eigenvalue weighted by atomic mass is 16.4. The molecule has 4 rings (SSSR count). The van der Waals surface area contributed by atoms with Crippen molar-refractivity contribution in [1.29, 1.82) is 0 Å². The number of phenolic OH excluding ortho intramolecular Hbond substituents is 2. The summed E-state index contributed by atoms with van der Waals surface area (Å²) in [6.07, 6.45) is 4.45. The molecule has 0 aliphatic heterocycles. The quantitative estimate of drug-likeness (QED) is 0.115. The summed E-state index contributed by atoms with van der Waals surface area (Å²) >= 11 is 0. The number of carboxylic acids is 1. The monoisotopic (exact) mass is 814 g/mol. The molecule has 0 fully saturated rings. The van der Waals surface area contributed by atoms with E-state index in [-0.39, 0.29) is 47.6 Å². The van der Waals surface area contributed by atoms with Crippen molar-refractivity contribution in [2.24, 2.45) is 0 Å². The minimum Gasteiger partial charge on any atom is -0.508 e. The maximum atomic E-state index is 12.0. The van der Waals surface area contributed by atoms with Crippen molar-refractivity contribution in [3.8, 4) is 11.5 Å². The van der Waals surface area contributed by atoms with E-state index < -0.39 is 5.97 Å². The number of hydrogen-bond donors (Lipinski definition) is 3. The number of benzene rings is 3. The molecule has 0 saturated heterocycles. The van der Waals surface area contributed by atoms with Crippen molar-refractivity contribution in [3.63, 3.8) is 0 Å². The Balaban J connectivity index is 0.000000306. The van der Waals surface area contributed by atoms with E-state index >= 15 is 0 Å². The molecule has 1 aliphatic carbocycles. The normalized spacial score (nSPS) is 14.1. The number of allylic oxidation sites excluding steroid dienone is 1. The van der Waals surface area contributed by atoms with Crippen molar-refractivity contribution >= 4 is 23.1 Å². The van der Waals surface area contributed by atoms with Gasteiger partial charge < -0.3 is 15.3 Å². The average molecular weight is 814 g/mol. The standard InChI is InChI=1S/C18H25NO2.2C16H25NO2/c1-12(2)19(13(3)4)17(11-18(20)21)16-10-9-14-7-5-6-8-15(14)16;1-11(2)17(12(3)4)16(13(5)18)10-14-6-8-15(19)9-7-14;1-11(2)17(12(3)4)16(10-13(5)18)14-6-8-15(19)9-7-14/h5-8,10,12-13,17H,9,11H2,1-4H3,(H,20,21);2*6-9,11-12,16,19H,10H2,1-5H3. The maximum absolute atomic E-state index is 12.0. The number of carboxylic acid groups (broad SMARTS) is 1. The van der Waals surface area contributed by atoms with E-state index in [1.807, 2.05) is 36.4 Å². The lowest BCUT2D eigenvalue weighted by Crippen LogP contribution is -2.49. The third-order valence-electron chi connectivity index (χ3n) is 10.8. The highest BCUT2D eigenvalue weighted by Crippen LogP contribution is 2.35. The van der Waals surface area contributed by atoms with E-state index in [0.29, 0.717) is 49.1 Å². The number of ketones is 2. The van der Waals surface area contributed by atoms with E-state index in [1.165, 1.54) is 16.7 Å². The third-order valence-corrected chi connectivity index (χ3v) is 10.8. The van der Waals surface area contributed by atoms with Crippen LogP contribution in [0, 0.1) is 0 Å². The van der Waals surface area contributed by atoms with Gasteiger partial charge in [-0.3, -0.25) is 29.1 Å². The molecule has 3 aromatic rings. The number of aliphatic carboxylic acids is 1. The molecule has 0 amide bonds. The van der Waals surface area contributed by atoms with Gasteiger partial charge in [0.1, 0.15) is 23.1 Å². The Hall–Kier alpha value is -4.31. The van der Waals surface area contributed by atoms with Gasteiger partial charge in [0, 0.05) is 54.8 Å². The zero-order valence-corrected chi connectivity index (χ0v) is 38.4. The number of carbonyl (C=O) groups is 3. The van der Waals surface area contributed by atoms with Gasteiger partial charge in [0.25, 0.3) is 0 Å². The predicted molar refractivity (Wildman–Crippen MR) is 243 cm³/mol. The van der Waals surface area contributed by atoms with E-state index in [0.717, 1.165) is 17.5 Å². The van der Waals surface area contributed by atoms with E-state index in [4.69, 9.17) is 0 Å². The molecule has 59 heavy (non-hydrogen) atoms. The summed E-state index contributed by atoms with van der Waals surface area (Å²) in [4.78, 5) is 41.8. The summed E-state index contributed by atoms with van der Waals surface area (Å²) in [5.74, 6) is 0.148. The van der Waals surface area contributed by atoms with Gasteiger partial charge in [-0.05, 0) is 162 Å². The highest BCUT2D eigenvalue weighted by Gasteiger charge is 2.32. The maximum Gasteiger partial charge on any atom is 0.305 e. The van der Waals surface area contributed by atoms with Gasteiger partial charge in [0.05, 0.1) is 12.5 Å². The number of Topliss-reactive ketones (excluding diaryl/α,β-unsaturated/α-hetero) is 2. The van der Waals surface area contributed by atoms with Gasteiger partial charge in [0.2, 0.25) is 0 Å². The molecule has 3 N–H and O–H groups in total. The molecule has 326 valence electrons. The minimum atomic E-state index is -0.739. The van der Waals surface area contributed by atoms with E-state index in [9.17, 15) is 29.7 Å². The van der Waals surface area contributed by atoms with Crippen LogP contribution in [0.4, 0.5) is 0 Å². The van der Waals surface area contributed by atoms with Gasteiger partial charge in [0.15, 0.2) is 0 Å². The second-order valence-corrected chi connectivity index (χ2v) is 17.5. The smallest absolute Gasteiger partial charge is 0.305 e. The number of carbonyl (C=O) groups excluding carboxylic acids is 2. The first-order valence-corrected chi connectivity index (χ1v) is 21.5. The largest absolute Gasteiger partial charge is 0.508 e. The van der Waals surface area contributed by atoms with Crippen LogP contribution < -0.4 is 0 Å². The van der Waals surface area contributed by atoms with Crippen LogP contribution in [0.2, 0.25) is 0 Å². The molecular formula is C50H75N3O6. The lowest BCUT2D eigenvalue weighted by Gasteiger charge is -2.38. The summed E-state index contributed by atoms with van der Waals surface area (Å²) in [6, 6.07) is 24.5. The Bertz CT molecular complexity index is 1750. The van der Waals surface area contributed by atoms with Crippen LogP contribution in [0.5, 0.6) is 11.5 Å². The molecule has 0 aromatic heterocycles. The predicted octanol–water partition coefficient (Wildman–Crippen LogP) is 10.1. The van der Waals surface area contributed by atoms with E-state index in [1.54, 1.807) is 38.1 Å². The molecule has 3 atom stereocenters. The second-order valence-electron chi connectivity index (χ2n) is 17.5. The van der Waals surface area contributed by atoms with Crippen LogP contribution in [0.1, 0.15) is 138 Å². The molecule has 9 heteroatoms. The summed E-state index contributed by atoms with van der Waals surface area (Å²) in [5.41, 5.74) is 5.85. The zero-order valence-electron chi connectivity index (χ0n) is 38.4. The Labute approximate surface area is 356 Å².